The van der Waals surface area contributed by atoms with Crippen LogP contribution in [0.2, 0.25) is 0 Å². The van der Waals surface area contributed by atoms with Crippen LogP contribution in [-0.2, 0) is 5.72 Å². The zero-order valence-electron chi connectivity index (χ0n) is 17.0. The van der Waals surface area contributed by atoms with E-state index in [1.807, 2.05) is 6.08 Å². The number of alkyl halides is 1. The maximum absolute atomic E-state index is 13.7. The highest BCUT2D eigenvalue weighted by atomic mass is 35.5. The summed E-state index contributed by atoms with van der Waals surface area (Å²) in [6, 6.07) is 0.303. The number of nitrogens with zero attached hydrogens (tertiary/aromatic N) is 5. The molecule has 1 spiro atoms. The highest BCUT2D eigenvalue weighted by Gasteiger charge is 2.62. The Hall–Kier alpha value is -1.78. The summed E-state index contributed by atoms with van der Waals surface area (Å²) in [7, 11) is 0. The minimum Gasteiger partial charge on any atom is -0.388 e. The quantitative estimate of drug-likeness (QED) is 0.652. The second-order valence-corrected chi connectivity index (χ2v) is 9.58. The average Bonchev–Trinajstić information content (AvgIpc) is 3.48. The summed E-state index contributed by atoms with van der Waals surface area (Å²) < 4.78 is 15.2. The predicted molar refractivity (Wildman–Crippen MR) is 113 cm³/mol. The summed E-state index contributed by atoms with van der Waals surface area (Å²) in [5.41, 5.74) is -1.43. The molecular formula is C21H26ClFN6O2. The van der Waals surface area contributed by atoms with E-state index in [1.165, 1.54) is 10.9 Å². The van der Waals surface area contributed by atoms with E-state index < -0.39 is 30.1 Å². The lowest BCUT2D eigenvalue weighted by molar-refractivity contribution is -0.204. The summed E-state index contributed by atoms with van der Waals surface area (Å²) in [5.74, 6) is -0.211. The third kappa shape index (κ3) is 2.49. The molecule has 4 heterocycles. The zero-order valence-corrected chi connectivity index (χ0v) is 17.8. The fourth-order valence-corrected chi connectivity index (χ4v) is 6.40. The van der Waals surface area contributed by atoms with Crippen molar-refractivity contribution in [3.05, 3.63) is 35.3 Å². The van der Waals surface area contributed by atoms with Crippen LogP contribution in [0, 0.1) is 5.92 Å². The molecule has 2 saturated heterocycles. The van der Waals surface area contributed by atoms with E-state index >= 15 is 0 Å². The third-order valence-corrected chi connectivity index (χ3v) is 7.92. The molecule has 1 aromatic rings. The number of aliphatic hydroxyl groups excluding tert-OH is 1. The zero-order chi connectivity index (χ0) is 21.4. The summed E-state index contributed by atoms with van der Waals surface area (Å²) >= 11 is 6.42. The summed E-state index contributed by atoms with van der Waals surface area (Å²) in [5, 5.41) is 26.0. The molecule has 8 nitrogen and oxygen atoms in total. The number of aliphatic hydroxyl groups is 2. The fourth-order valence-electron chi connectivity index (χ4n) is 6.14. The maximum Gasteiger partial charge on any atom is 0.175 e. The van der Waals surface area contributed by atoms with Crippen LogP contribution in [-0.4, -0.2) is 73.5 Å². The van der Waals surface area contributed by atoms with Gasteiger partial charge in [0.15, 0.2) is 11.5 Å². The van der Waals surface area contributed by atoms with Gasteiger partial charge in [-0.1, -0.05) is 17.7 Å². The Morgan fingerprint density at radius 2 is 2.19 bits per heavy atom. The van der Waals surface area contributed by atoms with Crippen LogP contribution in [0.3, 0.4) is 0 Å². The number of nitrogens with one attached hydrogen (secondary N) is 1. The second-order valence-electron chi connectivity index (χ2n) is 9.14. The lowest BCUT2D eigenvalue weighted by Crippen LogP contribution is -2.77. The molecule has 0 amide bonds. The maximum atomic E-state index is 13.7. The predicted octanol–water partition coefficient (Wildman–Crippen LogP) is 1.70. The lowest BCUT2D eigenvalue weighted by Gasteiger charge is -2.67. The summed E-state index contributed by atoms with van der Waals surface area (Å²) in [6.07, 6.45) is 10.7. The molecular weight excluding hydrogens is 423 g/mol. The van der Waals surface area contributed by atoms with Crippen molar-refractivity contribution < 1.29 is 14.6 Å². The molecule has 5 aliphatic rings. The van der Waals surface area contributed by atoms with Crippen LogP contribution in [0.15, 0.2) is 34.6 Å². The monoisotopic (exact) mass is 448 g/mol. The number of rotatable bonds is 3. The summed E-state index contributed by atoms with van der Waals surface area (Å²) in [4.78, 5) is 13.9. The Labute approximate surface area is 184 Å². The van der Waals surface area contributed by atoms with E-state index in [2.05, 4.69) is 37.2 Å². The minimum atomic E-state index is -1.74. The molecule has 2 aliphatic carbocycles. The van der Waals surface area contributed by atoms with Crippen LogP contribution in [0.1, 0.15) is 37.5 Å². The number of hydrogen-bond acceptors (Lipinski definition) is 7. The van der Waals surface area contributed by atoms with Crippen LogP contribution >= 0.6 is 11.6 Å². The van der Waals surface area contributed by atoms with Gasteiger partial charge in [-0.05, 0) is 38.0 Å². The largest absolute Gasteiger partial charge is 0.388 e. The first-order valence-electron chi connectivity index (χ1n) is 10.9. The van der Waals surface area contributed by atoms with Crippen LogP contribution in [0.25, 0.3) is 0 Å². The van der Waals surface area contributed by atoms with Gasteiger partial charge in [0.25, 0.3) is 0 Å². The molecule has 3 aliphatic heterocycles. The number of halogens is 2. The molecule has 0 radical (unpaired) electrons. The van der Waals surface area contributed by atoms with Gasteiger partial charge in [-0.15, -0.1) is 0 Å². The van der Waals surface area contributed by atoms with Gasteiger partial charge in [-0.25, -0.2) is 14.9 Å². The number of aromatic nitrogens is 2. The van der Waals surface area contributed by atoms with Crippen molar-refractivity contribution in [2.24, 2.45) is 10.9 Å². The fraction of sp³-hybridized carbons (Fsp3) is 0.619. The normalized spacial score (nSPS) is 41.4. The van der Waals surface area contributed by atoms with Gasteiger partial charge in [0.05, 0.1) is 19.3 Å². The SMILES string of the molecule is OC1CCC(CF)C1(O)n1cnc2c1N=CN1C2N([C@H]2CCNC2)C12C=C(Cl)C=CC2. The van der Waals surface area contributed by atoms with Crippen molar-refractivity contribution in [2.45, 2.75) is 55.4 Å². The van der Waals surface area contributed by atoms with Crippen molar-refractivity contribution in [1.82, 2.24) is 24.7 Å². The molecule has 6 rings (SSSR count). The molecule has 3 fully saturated rings. The van der Waals surface area contributed by atoms with E-state index in [1.54, 1.807) is 6.34 Å². The Morgan fingerprint density at radius 3 is 2.94 bits per heavy atom. The number of fused-ring (bicyclic) bond motifs is 4. The highest BCUT2D eigenvalue weighted by Crippen LogP contribution is 2.56. The van der Waals surface area contributed by atoms with E-state index in [0.29, 0.717) is 35.4 Å². The van der Waals surface area contributed by atoms with Crippen LogP contribution in [0.4, 0.5) is 10.2 Å². The van der Waals surface area contributed by atoms with Gasteiger partial charge in [-0.3, -0.25) is 8.96 Å². The molecule has 31 heavy (non-hydrogen) atoms. The first-order chi connectivity index (χ1) is 15.0. The Balaban J connectivity index is 1.44. The summed E-state index contributed by atoms with van der Waals surface area (Å²) in [6.45, 7) is 1.12. The number of imidazole rings is 1. The van der Waals surface area contributed by atoms with Crippen molar-refractivity contribution in [3.8, 4) is 0 Å². The first-order valence-corrected chi connectivity index (χ1v) is 11.3. The Morgan fingerprint density at radius 1 is 1.32 bits per heavy atom. The van der Waals surface area contributed by atoms with Crippen LogP contribution < -0.4 is 5.32 Å². The van der Waals surface area contributed by atoms with Gasteiger partial charge in [0.2, 0.25) is 0 Å². The standard InChI is InChI=1S/C21H26ClFN6O2/c22-14-2-1-6-20(8-14)28-12-26-18-17(19(28)29(20)15-5-7-24-10-15)25-11-27(18)21(31)13(9-23)3-4-16(21)30/h1-2,8,11-13,15-16,19,24,30-31H,3-7,9-10H2/t13?,15-,16?,19?,20?,21?/m0/s1. The second kappa shape index (κ2) is 6.86. The molecule has 0 aromatic carbocycles. The van der Waals surface area contributed by atoms with E-state index in [9.17, 15) is 14.6 Å². The van der Waals surface area contributed by atoms with Crippen molar-refractivity contribution in [3.63, 3.8) is 0 Å². The molecule has 166 valence electrons. The van der Waals surface area contributed by atoms with E-state index in [0.717, 1.165) is 25.9 Å². The molecule has 0 bridgehead atoms. The third-order valence-electron chi connectivity index (χ3n) is 7.68. The van der Waals surface area contributed by atoms with E-state index in [4.69, 9.17) is 11.6 Å². The first kappa shape index (κ1) is 19.9. The van der Waals surface area contributed by atoms with Crippen molar-refractivity contribution >= 4 is 23.8 Å². The smallest absolute Gasteiger partial charge is 0.175 e. The van der Waals surface area contributed by atoms with Crippen LogP contribution in [0.5, 0.6) is 0 Å². The van der Waals surface area contributed by atoms with Crippen molar-refractivity contribution in [2.75, 3.05) is 19.8 Å². The van der Waals surface area contributed by atoms with Gasteiger partial charge in [0, 0.05) is 30.0 Å². The van der Waals surface area contributed by atoms with Gasteiger partial charge < -0.3 is 20.4 Å². The average molecular weight is 449 g/mol. The molecule has 3 N–H and O–H groups in total. The Kier molecular flexibility index (Phi) is 4.40. The minimum absolute atomic E-state index is 0.156. The Bertz CT molecular complexity index is 991. The van der Waals surface area contributed by atoms with E-state index in [-0.39, 0.29) is 6.17 Å². The number of hydrogen-bond donors (Lipinski definition) is 3. The van der Waals surface area contributed by atoms with Gasteiger partial charge >= 0.3 is 0 Å². The molecule has 6 atom stereocenters. The lowest BCUT2D eigenvalue weighted by atomic mass is 9.85. The molecule has 10 heteroatoms. The number of allylic oxidation sites excluding steroid dienone is 2. The van der Waals surface area contributed by atoms with Gasteiger partial charge in [-0.2, -0.15) is 0 Å². The molecule has 5 unspecified atom stereocenters. The van der Waals surface area contributed by atoms with Gasteiger partial charge in [0.1, 0.15) is 23.6 Å². The molecule has 1 aromatic heterocycles. The highest BCUT2D eigenvalue weighted by molar-refractivity contribution is 6.31. The topological polar surface area (TPSA) is 89.1 Å². The molecule has 1 saturated carbocycles. The van der Waals surface area contributed by atoms with Crippen molar-refractivity contribution in [1.29, 1.82) is 0 Å². The number of aliphatic imine (C=N–C) groups is 1.